The molecule has 1 aliphatic rings. The molecule has 2 heteroatoms. The topological polar surface area (TPSA) is 12.5 Å². The van der Waals surface area contributed by atoms with Gasteiger partial charge in [0.15, 0.2) is 0 Å². The number of anilines is 3. The van der Waals surface area contributed by atoms with E-state index in [-0.39, 0.29) is 11.0 Å². The zero-order valence-corrected chi connectivity index (χ0v) is 19.2. The monoisotopic (exact) mass is 419 g/mol. The van der Waals surface area contributed by atoms with Crippen molar-refractivity contribution in [2.45, 2.75) is 38.7 Å². The Morgan fingerprint density at radius 3 is 1.62 bits per heavy atom. The number of nitrogens with zero attached hydrogens (tertiary/aromatic N) is 1. The Kier molecular flexibility index (Phi) is 4.82. The van der Waals surface area contributed by atoms with E-state index in [9.17, 15) is 0 Å². The number of para-hydroxylation sites is 2. The SMILES string of the molecule is CC1(C)Oc2ccc(-c3ccc(N(c4ccccc4)c4ccccc4)cc3)cc2C1(C)C. The van der Waals surface area contributed by atoms with Crippen molar-refractivity contribution < 1.29 is 4.74 Å². The lowest BCUT2D eigenvalue weighted by atomic mass is 9.73. The summed E-state index contributed by atoms with van der Waals surface area (Å²) in [6, 6.07) is 36.4. The van der Waals surface area contributed by atoms with Crippen molar-refractivity contribution in [3.63, 3.8) is 0 Å². The highest BCUT2D eigenvalue weighted by Gasteiger charge is 2.47. The van der Waals surface area contributed by atoms with Crippen LogP contribution in [0.15, 0.2) is 103 Å². The maximum Gasteiger partial charge on any atom is 0.124 e. The second-order valence-corrected chi connectivity index (χ2v) is 9.50. The molecule has 0 atom stereocenters. The van der Waals surface area contributed by atoms with Crippen LogP contribution in [0, 0.1) is 0 Å². The van der Waals surface area contributed by atoms with Crippen molar-refractivity contribution in [1.82, 2.24) is 0 Å². The minimum atomic E-state index is -0.219. The molecule has 0 spiro atoms. The van der Waals surface area contributed by atoms with Gasteiger partial charge in [0.1, 0.15) is 11.4 Å². The highest BCUT2D eigenvalue weighted by atomic mass is 16.5. The van der Waals surface area contributed by atoms with Crippen molar-refractivity contribution in [3.05, 3.63) is 109 Å². The first kappa shape index (κ1) is 20.4. The van der Waals surface area contributed by atoms with Crippen LogP contribution in [0.3, 0.4) is 0 Å². The quantitative estimate of drug-likeness (QED) is 0.330. The summed E-state index contributed by atoms with van der Waals surface area (Å²) in [5.74, 6) is 1.000. The maximum atomic E-state index is 6.24. The normalized spacial score (nSPS) is 15.6. The van der Waals surface area contributed by atoms with Gasteiger partial charge in [0.25, 0.3) is 0 Å². The van der Waals surface area contributed by atoms with Gasteiger partial charge in [0.05, 0.1) is 0 Å². The molecule has 4 aromatic carbocycles. The van der Waals surface area contributed by atoms with Crippen molar-refractivity contribution in [3.8, 4) is 16.9 Å². The van der Waals surface area contributed by atoms with E-state index >= 15 is 0 Å². The van der Waals surface area contributed by atoms with Gasteiger partial charge in [-0.05, 0) is 73.5 Å². The molecule has 0 radical (unpaired) electrons. The fourth-order valence-corrected chi connectivity index (χ4v) is 4.42. The minimum Gasteiger partial charge on any atom is -0.487 e. The molecule has 0 saturated heterocycles. The van der Waals surface area contributed by atoms with E-state index in [1.807, 2.05) is 0 Å². The molecule has 0 amide bonds. The van der Waals surface area contributed by atoms with E-state index in [2.05, 4.69) is 136 Å². The lowest BCUT2D eigenvalue weighted by molar-refractivity contribution is 0.0712. The van der Waals surface area contributed by atoms with Gasteiger partial charge in [-0.1, -0.05) is 68.4 Å². The minimum absolute atomic E-state index is 0.0459. The van der Waals surface area contributed by atoms with Crippen LogP contribution in [0.4, 0.5) is 17.1 Å². The Hall–Kier alpha value is -3.52. The van der Waals surface area contributed by atoms with E-state index in [1.54, 1.807) is 0 Å². The van der Waals surface area contributed by atoms with Crippen LogP contribution in [0.5, 0.6) is 5.75 Å². The van der Waals surface area contributed by atoms with Gasteiger partial charge in [-0.2, -0.15) is 0 Å². The van der Waals surface area contributed by atoms with Crippen LogP contribution in [0.2, 0.25) is 0 Å². The predicted octanol–water partition coefficient (Wildman–Crippen LogP) is 8.27. The van der Waals surface area contributed by atoms with Crippen LogP contribution in [-0.4, -0.2) is 5.60 Å². The fourth-order valence-electron chi connectivity index (χ4n) is 4.42. The second-order valence-electron chi connectivity index (χ2n) is 9.50. The number of rotatable bonds is 4. The summed E-state index contributed by atoms with van der Waals surface area (Å²) < 4.78 is 6.24. The van der Waals surface area contributed by atoms with Gasteiger partial charge < -0.3 is 9.64 Å². The zero-order valence-electron chi connectivity index (χ0n) is 19.2. The summed E-state index contributed by atoms with van der Waals surface area (Å²) in [6.07, 6.45) is 0. The summed E-state index contributed by atoms with van der Waals surface area (Å²) in [5.41, 5.74) is 6.86. The molecule has 0 saturated carbocycles. The van der Waals surface area contributed by atoms with Crippen molar-refractivity contribution in [2.24, 2.45) is 0 Å². The van der Waals surface area contributed by atoms with E-state index in [0.717, 1.165) is 22.8 Å². The average molecular weight is 420 g/mol. The van der Waals surface area contributed by atoms with Crippen molar-refractivity contribution >= 4 is 17.1 Å². The standard InChI is InChI=1S/C30H29NO/c1-29(2)27-21-23(17-20-28(27)32-30(29,3)4)22-15-18-26(19-16-22)31(24-11-7-5-8-12-24)25-13-9-6-10-14-25/h5-21H,1-4H3. The maximum absolute atomic E-state index is 6.24. The van der Waals surface area contributed by atoms with Gasteiger partial charge in [-0.15, -0.1) is 0 Å². The van der Waals surface area contributed by atoms with E-state index in [0.29, 0.717) is 0 Å². The van der Waals surface area contributed by atoms with E-state index in [4.69, 9.17) is 4.74 Å². The second kappa shape index (κ2) is 7.56. The fraction of sp³-hybridized carbons (Fsp3) is 0.200. The number of ether oxygens (including phenoxy) is 1. The van der Waals surface area contributed by atoms with Gasteiger partial charge in [-0.25, -0.2) is 0 Å². The summed E-state index contributed by atoms with van der Waals surface area (Å²) in [6.45, 7) is 8.87. The highest BCUT2D eigenvalue weighted by Crippen LogP contribution is 2.49. The Balaban J connectivity index is 1.52. The average Bonchev–Trinajstić information content (AvgIpc) is 2.99. The third kappa shape index (κ3) is 3.36. The molecule has 160 valence electrons. The van der Waals surface area contributed by atoms with E-state index in [1.165, 1.54) is 16.7 Å². The third-order valence-electron chi connectivity index (χ3n) is 7.01. The molecule has 0 unspecified atom stereocenters. The molecule has 0 N–H and O–H groups in total. The summed E-state index contributed by atoms with van der Waals surface area (Å²) in [7, 11) is 0. The molecular formula is C30H29NO. The van der Waals surface area contributed by atoms with Crippen LogP contribution >= 0.6 is 0 Å². The first-order chi connectivity index (χ1) is 15.4. The smallest absolute Gasteiger partial charge is 0.124 e. The van der Waals surface area contributed by atoms with Crippen molar-refractivity contribution in [2.75, 3.05) is 4.90 Å². The molecule has 0 aromatic heterocycles. The predicted molar refractivity (Wildman–Crippen MR) is 134 cm³/mol. The largest absolute Gasteiger partial charge is 0.487 e. The van der Waals surface area contributed by atoms with E-state index < -0.39 is 0 Å². The van der Waals surface area contributed by atoms with Crippen LogP contribution < -0.4 is 9.64 Å². The molecule has 5 rings (SSSR count). The molecule has 0 bridgehead atoms. The van der Waals surface area contributed by atoms with Gasteiger partial charge >= 0.3 is 0 Å². The van der Waals surface area contributed by atoms with Crippen molar-refractivity contribution in [1.29, 1.82) is 0 Å². The van der Waals surface area contributed by atoms with Crippen LogP contribution in [0.1, 0.15) is 33.3 Å². The molecule has 32 heavy (non-hydrogen) atoms. The number of hydrogen-bond donors (Lipinski definition) is 0. The summed E-state index contributed by atoms with van der Waals surface area (Å²) >= 11 is 0. The Morgan fingerprint density at radius 1 is 0.562 bits per heavy atom. The lowest BCUT2D eigenvalue weighted by Crippen LogP contribution is -2.41. The highest BCUT2D eigenvalue weighted by molar-refractivity contribution is 5.78. The Morgan fingerprint density at radius 2 is 1.06 bits per heavy atom. The van der Waals surface area contributed by atoms with Gasteiger partial charge in [0, 0.05) is 28.0 Å². The summed E-state index contributed by atoms with van der Waals surface area (Å²) in [4.78, 5) is 2.28. The molecular weight excluding hydrogens is 390 g/mol. The molecule has 2 nitrogen and oxygen atoms in total. The molecule has 1 heterocycles. The number of hydrogen-bond acceptors (Lipinski definition) is 2. The number of fused-ring (bicyclic) bond motifs is 1. The molecule has 0 fully saturated rings. The third-order valence-corrected chi connectivity index (χ3v) is 7.01. The van der Waals surface area contributed by atoms with Gasteiger partial charge in [0.2, 0.25) is 0 Å². The molecule has 4 aromatic rings. The number of benzene rings is 4. The van der Waals surface area contributed by atoms with Gasteiger partial charge in [-0.3, -0.25) is 0 Å². The van der Waals surface area contributed by atoms with Crippen LogP contribution in [0.25, 0.3) is 11.1 Å². The zero-order chi connectivity index (χ0) is 22.3. The molecule has 1 aliphatic heterocycles. The Labute approximate surface area is 191 Å². The first-order valence-electron chi connectivity index (χ1n) is 11.2. The summed E-state index contributed by atoms with van der Waals surface area (Å²) in [5, 5.41) is 0. The van der Waals surface area contributed by atoms with Crippen LogP contribution in [-0.2, 0) is 5.41 Å². The Bertz CT molecular complexity index is 1190. The molecule has 0 aliphatic carbocycles. The first-order valence-corrected chi connectivity index (χ1v) is 11.2. The lowest BCUT2D eigenvalue weighted by Gasteiger charge is -2.33.